The zero-order valence-corrected chi connectivity index (χ0v) is 7.72. The Kier molecular flexibility index (Phi) is 4.10. The third-order valence-corrected chi connectivity index (χ3v) is 1.06. The summed E-state index contributed by atoms with van der Waals surface area (Å²) in [5.74, 6) is 0. The molecule has 0 aliphatic carbocycles. The summed E-state index contributed by atoms with van der Waals surface area (Å²) >= 11 is 9.29. The highest BCUT2D eigenvalue weighted by Crippen LogP contribution is 2.23. The lowest BCUT2D eigenvalue weighted by atomic mass is 11.2. The Bertz CT molecular complexity index is 56.1. The molecule has 0 radical (unpaired) electrons. The van der Waals surface area contributed by atoms with E-state index in [1.165, 1.54) is 22.6 Å². The van der Waals surface area contributed by atoms with Gasteiger partial charge in [0, 0.05) is 0 Å². The molecule has 0 spiro atoms. The van der Waals surface area contributed by atoms with Gasteiger partial charge < -0.3 is 0 Å². The second kappa shape index (κ2) is 3.42. The monoisotopic (exact) mass is 301 g/mol. The minimum absolute atomic E-state index is 0.102. The highest BCUT2D eigenvalue weighted by atomic mass is 127. The maximum Gasteiger partial charge on any atom is 0.268 e. The lowest BCUT2D eigenvalue weighted by Gasteiger charge is -2.07. The van der Waals surface area contributed by atoms with Crippen LogP contribution >= 0.6 is 50.1 Å². The molecule has 0 aromatic carbocycles. The van der Waals surface area contributed by atoms with E-state index in [1.54, 1.807) is 0 Å². The first-order valence-electron chi connectivity index (χ1n) is 1.44. The number of alkyl halides is 4. The van der Waals surface area contributed by atoms with E-state index in [0.29, 0.717) is 0 Å². The highest BCUT2D eigenvalue weighted by molar-refractivity contribution is 14.1. The Hall–Kier alpha value is 1.39. The van der Waals surface area contributed by atoms with Crippen LogP contribution in [0, 0.1) is 0 Å². The minimum atomic E-state index is -1.55. The molecule has 1 N–H and O–H groups in total. The Morgan fingerprint density at radius 2 is 2.43 bits per heavy atom. The fourth-order valence-corrected chi connectivity index (χ4v) is 0.978. The van der Waals surface area contributed by atoms with Crippen LogP contribution in [0.3, 0.4) is 0 Å². The van der Waals surface area contributed by atoms with Gasteiger partial charge in [0.2, 0.25) is 0 Å². The normalized spacial score (nSPS) is 18.9. The van der Waals surface area contributed by atoms with E-state index in [1.807, 2.05) is 0 Å². The summed E-state index contributed by atoms with van der Waals surface area (Å²) in [6, 6.07) is 0.102. The first-order valence-corrected chi connectivity index (χ1v) is 3.84. The molecular weight excluding hydrogens is 299 g/mol. The number of halogens is 4. The molecule has 44 valence electrons. The van der Waals surface area contributed by atoms with Crippen LogP contribution in [0.2, 0.25) is 0 Å². The molecule has 0 fully saturated rings. The molecule has 7 heavy (non-hydrogen) atoms. The van der Waals surface area contributed by atoms with Crippen LogP contribution in [0.1, 0.15) is 0 Å². The van der Waals surface area contributed by atoms with Crippen molar-refractivity contribution in [2.75, 3.05) is 6.00 Å². The lowest BCUT2D eigenvalue weighted by molar-refractivity contribution is 0.391. The van der Waals surface area contributed by atoms with Gasteiger partial charge in [0.1, 0.15) is 0 Å². The van der Waals surface area contributed by atoms with Gasteiger partial charge in [-0.25, -0.2) is 4.39 Å². The first-order chi connectivity index (χ1) is 3.06. The first kappa shape index (κ1) is 8.39. The minimum Gasteiger partial charge on any atom is -0.254 e. The average Bonchev–Trinajstić information content (AvgIpc) is 1.30. The number of hydrogen-bond acceptors (Lipinski definition) is 1. The van der Waals surface area contributed by atoms with Crippen LogP contribution in [-0.4, -0.2) is 8.71 Å². The summed E-state index contributed by atoms with van der Waals surface area (Å²) in [4.78, 5) is 0. The summed E-state index contributed by atoms with van der Waals surface area (Å²) < 4.78 is 10.5. The molecule has 0 bridgehead atoms. The van der Waals surface area contributed by atoms with Gasteiger partial charge in [0.25, 0.3) is 2.71 Å². The van der Waals surface area contributed by atoms with E-state index in [0.717, 1.165) is 0 Å². The van der Waals surface area contributed by atoms with Gasteiger partial charge in [-0.15, -0.1) is 11.6 Å². The summed E-state index contributed by atoms with van der Waals surface area (Å²) in [6.07, 6.45) is 0. The van der Waals surface area contributed by atoms with Gasteiger partial charge in [0.15, 0.2) is 0 Å². The van der Waals surface area contributed by atoms with Crippen LogP contribution in [-0.2, 0) is 0 Å². The molecule has 0 rings (SSSR count). The lowest BCUT2D eigenvalue weighted by Crippen LogP contribution is -2.26. The average molecular weight is 302 g/mol. The molecule has 0 amide bonds. The third-order valence-electron chi connectivity index (χ3n) is 0.267. The van der Waals surface area contributed by atoms with Crippen LogP contribution < -0.4 is 5.32 Å². The number of nitrogens with one attached hydrogen (secondary N) is 1. The highest BCUT2D eigenvalue weighted by Gasteiger charge is 2.17. The fourth-order valence-electron chi connectivity index (χ4n) is 0.0758. The smallest absolute Gasteiger partial charge is 0.254 e. The quantitative estimate of drug-likeness (QED) is 0.468. The zero-order valence-electron chi connectivity index (χ0n) is 3.22. The molecule has 0 saturated heterocycles. The van der Waals surface area contributed by atoms with Crippen molar-refractivity contribution in [1.82, 2.24) is 5.32 Å². The maximum absolute atomic E-state index is 12.1. The second-order valence-electron chi connectivity index (χ2n) is 0.808. The van der Waals surface area contributed by atoms with Crippen molar-refractivity contribution in [3.63, 3.8) is 0 Å². The van der Waals surface area contributed by atoms with E-state index in [-0.39, 0.29) is 6.00 Å². The fraction of sp³-hybridized carbons (Fsp3) is 1.00. The van der Waals surface area contributed by atoms with E-state index < -0.39 is 2.71 Å². The molecule has 0 aliphatic rings. The third kappa shape index (κ3) is 7.39. The molecule has 1 nitrogen and oxygen atoms in total. The van der Waals surface area contributed by atoms with Crippen molar-refractivity contribution in [2.45, 2.75) is 2.71 Å². The Labute approximate surface area is 68.3 Å². The van der Waals surface area contributed by atoms with Crippen molar-refractivity contribution in [3.05, 3.63) is 0 Å². The molecule has 0 aromatic rings. The number of hydrogen-bond donors (Lipinski definition) is 1. The molecule has 5 heteroatoms. The molecule has 1 atom stereocenters. The SMILES string of the molecule is FC(Br)(I)NCCl. The van der Waals surface area contributed by atoms with Gasteiger partial charge in [0.05, 0.1) is 6.00 Å². The van der Waals surface area contributed by atoms with E-state index in [4.69, 9.17) is 11.6 Å². The van der Waals surface area contributed by atoms with Crippen molar-refractivity contribution in [2.24, 2.45) is 0 Å². The zero-order chi connectivity index (χ0) is 5.91. The summed E-state index contributed by atoms with van der Waals surface area (Å²) in [6.45, 7) is 0. The predicted octanol–water partition coefficient (Wildman–Crippen LogP) is 2.18. The van der Waals surface area contributed by atoms with Crippen molar-refractivity contribution in [1.29, 1.82) is 0 Å². The van der Waals surface area contributed by atoms with Crippen molar-refractivity contribution >= 4 is 50.1 Å². The Morgan fingerprint density at radius 1 is 2.00 bits per heavy atom. The van der Waals surface area contributed by atoms with Gasteiger partial charge in [-0.3, -0.25) is 5.32 Å². The Morgan fingerprint density at radius 3 is 2.43 bits per heavy atom. The van der Waals surface area contributed by atoms with Gasteiger partial charge in [-0.05, 0) is 38.5 Å². The van der Waals surface area contributed by atoms with Crippen LogP contribution in [0.5, 0.6) is 0 Å². The van der Waals surface area contributed by atoms with Crippen LogP contribution in [0.25, 0.3) is 0 Å². The van der Waals surface area contributed by atoms with Crippen LogP contribution in [0.15, 0.2) is 0 Å². The molecule has 0 heterocycles. The molecular formula is C2H3BrClFIN. The van der Waals surface area contributed by atoms with E-state index in [9.17, 15) is 4.39 Å². The van der Waals surface area contributed by atoms with E-state index >= 15 is 0 Å². The van der Waals surface area contributed by atoms with Crippen molar-refractivity contribution < 1.29 is 4.39 Å². The molecule has 0 aromatic heterocycles. The molecule has 0 saturated carbocycles. The predicted molar refractivity (Wildman–Crippen MR) is 40.6 cm³/mol. The van der Waals surface area contributed by atoms with Gasteiger partial charge in [-0.1, -0.05) is 0 Å². The van der Waals surface area contributed by atoms with Gasteiger partial charge in [-0.2, -0.15) is 0 Å². The van der Waals surface area contributed by atoms with Crippen molar-refractivity contribution in [3.8, 4) is 0 Å². The second-order valence-corrected chi connectivity index (χ2v) is 5.14. The molecule has 0 aliphatic heterocycles. The molecule has 1 unspecified atom stereocenters. The summed E-state index contributed by atoms with van der Waals surface area (Å²) in [5, 5.41) is 2.29. The summed E-state index contributed by atoms with van der Waals surface area (Å²) in [5.41, 5.74) is 0. The maximum atomic E-state index is 12.1. The van der Waals surface area contributed by atoms with E-state index in [2.05, 4.69) is 21.2 Å². The largest absolute Gasteiger partial charge is 0.268 e. The Balaban J connectivity index is 3.15. The number of rotatable bonds is 2. The van der Waals surface area contributed by atoms with Crippen LogP contribution in [0.4, 0.5) is 4.39 Å². The van der Waals surface area contributed by atoms with Gasteiger partial charge >= 0.3 is 0 Å². The topological polar surface area (TPSA) is 12.0 Å². The standard InChI is InChI=1S/C2H3BrClFIN/c3-2(5,6)7-1-4/h7H,1H2. The summed E-state index contributed by atoms with van der Waals surface area (Å²) in [7, 11) is 0.